The summed E-state index contributed by atoms with van der Waals surface area (Å²) < 4.78 is 44.3. The van der Waals surface area contributed by atoms with Crippen molar-refractivity contribution in [1.82, 2.24) is 20.2 Å². The minimum absolute atomic E-state index is 0.00454. The molecule has 2 unspecified atom stereocenters. The highest BCUT2D eigenvalue weighted by Crippen LogP contribution is 2.50. The van der Waals surface area contributed by atoms with E-state index < -0.39 is 11.6 Å². The molecule has 4 aromatic rings. The molecule has 9 rings (SSSR count). The van der Waals surface area contributed by atoms with E-state index in [9.17, 15) is 9.50 Å². The smallest absolute Gasteiger partial charge is 0.319 e. The molecule has 5 heterocycles. The van der Waals surface area contributed by atoms with Crippen molar-refractivity contribution < 1.29 is 23.4 Å². The SMILES string of the molecule is [C-]#[N+]c1cc2c(N3CC4CCC(C3)N4)nc(OCC3(CN4CC5(CCO5)C4)CC3)nc2c(F)c1-c1cc(O)cc2ccc(F)c(C#C)c12. The Hall–Kier alpha value is -4.55. The van der Waals surface area contributed by atoms with Gasteiger partial charge in [0.15, 0.2) is 5.69 Å². The first kappa shape index (κ1) is 29.6. The number of fused-ring (bicyclic) bond motifs is 4. The van der Waals surface area contributed by atoms with Crippen molar-refractivity contribution in [1.29, 1.82) is 0 Å². The van der Waals surface area contributed by atoms with Gasteiger partial charge in [-0.05, 0) is 60.9 Å². The van der Waals surface area contributed by atoms with Gasteiger partial charge in [-0.1, -0.05) is 12.0 Å². The van der Waals surface area contributed by atoms with Gasteiger partial charge >= 0.3 is 6.01 Å². The van der Waals surface area contributed by atoms with Gasteiger partial charge in [0, 0.05) is 73.0 Å². The van der Waals surface area contributed by atoms with Crippen LogP contribution in [0.2, 0.25) is 0 Å². The van der Waals surface area contributed by atoms with Crippen molar-refractivity contribution >= 4 is 33.2 Å². The molecule has 4 aliphatic heterocycles. The molecule has 1 saturated carbocycles. The van der Waals surface area contributed by atoms with Gasteiger partial charge in [0.1, 0.15) is 28.7 Å². The number of benzene rings is 3. The minimum Gasteiger partial charge on any atom is -0.508 e. The number of nitrogens with one attached hydrogen (secondary N) is 1. The summed E-state index contributed by atoms with van der Waals surface area (Å²) in [6, 6.07) is 7.69. The molecule has 244 valence electrons. The maximum absolute atomic E-state index is 17.1. The fourth-order valence-corrected chi connectivity index (χ4v) is 8.30. The van der Waals surface area contributed by atoms with Crippen LogP contribution in [0.1, 0.15) is 37.7 Å². The van der Waals surface area contributed by atoms with Crippen LogP contribution in [-0.2, 0) is 4.74 Å². The Kier molecular flexibility index (Phi) is 6.61. The Balaban J connectivity index is 1.15. The number of hydrogen-bond acceptors (Lipinski definition) is 8. The van der Waals surface area contributed by atoms with E-state index in [1.807, 2.05) is 0 Å². The lowest BCUT2D eigenvalue weighted by molar-refractivity contribution is -0.224. The zero-order valence-corrected chi connectivity index (χ0v) is 26.4. The van der Waals surface area contributed by atoms with Crippen molar-refractivity contribution in [2.75, 3.05) is 50.8 Å². The normalized spacial score (nSPS) is 23.5. The van der Waals surface area contributed by atoms with E-state index in [-0.39, 0.29) is 68.1 Å². The first-order chi connectivity index (χ1) is 23.3. The Morgan fingerprint density at radius 2 is 1.90 bits per heavy atom. The highest BCUT2D eigenvalue weighted by molar-refractivity contribution is 6.07. The summed E-state index contributed by atoms with van der Waals surface area (Å²) in [4.78, 5) is 17.8. The summed E-state index contributed by atoms with van der Waals surface area (Å²) in [6.45, 7) is 13.5. The number of piperazine rings is 1. The minimum atomic E-state index is -0.781. The molecule has 1 spiro atoms. The largest absolute Gasteiger partial charge is 0.508 e. The van der Waals surface area contributed by atoms with Crippen LogP contribution in [0.25, 0.3) is 37.6 Å². The lowest BCUT2D eigenvalue weighted by Gasteiger charge is -2.56. The number of aromatic hydroxyl groups is 1. The number of hydrogen-bond donors (Lipinski definition) is 2. The molecule has 9 nitrogen and oxygen atoms in total. The summed E-state index contributed by atoms with van der Waals surface area (Å²) in [6.07, 6.45) is 11.0. The van der Waals surface area contributed by atoms with Crippen LogP contribution < -0.4 is 15.0 Å². The van der Waals surface area contributed by atoms with Crippen LogP contribution in [0.5, 0.6) is 11.8 Å². The predicted octanol–water partition coefficient (Wildman–Crippen LogP) is 5.54. The van der Waals surface area contributed by atoms with Gasteiger partial charge in [-0.25, -0.2) is 13.6 Å². The van der Waals surface area contributed by atoms with Crippen LogP contribution in [0, 0.1) is 36.0 Å². The molecular formula is C37H34F2N6O3. The molecule has 4 saturated heterocycles. The van der Waals surface area contributed by atoms with Crippen LogP contribution in [-0.4, -0.2) is 83.6 Å². The van der Waals surface area contributed by atoms with Crippen LogP contribution in [0.15, 0.2) is 30.3 Å². The Morgan fingerprint density at radius 3 is 2.56 bits per heavy atom. The van der Waals surface area contributed by atoms with E-state index in [1.54, 1.807) is 6.07 Å². The van der Waals surface area contributed by atoms with Crippen LogP contribution >= 0.6 is 0 Å². The maximum atomic E-state index is 17.1. The predicted molar refractivity (Wildman–Crippen MR) is 177 cm³/mol. The number of nitrogens with zero attached hydrogens (tertiary/aromatic N) is 5. The van der Waals surface area contributed by atoms with Crippen LogP contribution in [0.4, 0.5) is 20.3 Å². The summed E-state index contributed by atoms with van der Waals surface area (Å²) in [5.41, 5.74) is -0.0427. The number of terminal acetylenes is 1. The number of rotatable bonds is 7. The van der Waals surface area contributed by atoms with Crippen LogP contribution in [0.3, 0.4) is 0 Å². The average Bonchev–Trinajstić information content (AvgIpc) is 3.74. The molecule has 1 aliphatic carbocycles. The molecule has 5 aliphatic rings. The number of aromatic nitrogens is 2. The van der Waals surface area contributed by atoms with Gasteiger partial charge < -0.3 is 24.8 Å². The van der Waals surface area contributed by atoms with Gasteiger partial charge in [-0.15, -0.1) is 6.42 Å². The average molecular weight is 649 g/mol. The van der Waals surface area contributed by atoms with Gasteiger partial charge in [0.05, 0.1) is 31.0 Å². The summed E-state index contributed by atoms with van der Waals surface area (Å²) in [5, 5.41) is 15.3. The molecule has 0 radical (unpaired) electrons. The molecule has 3 aromatic carbocycles. The first-order valence-electron chi connectivity index (χ1n) is 16.6. The summed E-state index contributed by atoms with van der Waals surface area (Å²) >= 11 is 0. The van der Waals surface area contributed by atoms with Crippen molar-refractivity contribution in [3.05, 3.63) is 58.9 Å². The third kappa shape index (κ3) is 4.75. The molecule has 2 N–H and O–H groups in total. The zero-order chi connectivity index (χ0) is 32.8. The van der Waals surface area contributed by atoms with Gasteiger partial charge in [0.2, 0.25) is 0 Å². The number of likely N-dealkylation sites (tertiary alicyclic amines) is 1. The zero-order valence-electron chi connectivity index (χ0n) is 26.4. The van der Waals surface area contributed by atoms with E-state index in [1.165, 1.54) is 24.3 Å². The summed E-state index contributed by atoms with van der Waals surface area (Å²) in [5.74, 6) is 1.30. The molecule has 48 heavy (non-hydrogen) atoms. The fourth-order valence-electron chi connectivity index (χ4n) is 8.30. The third-order valence-electron chi connectivity index (χ3n) is 11.0. The molecule has 0 amide bonds. The van der Waals surface area contributed by atoms with Gasteiger partial charge in [-0.2, -0.15) is 9.97 Å². The molecule has 2 bridgehead atoms. The van der Waals surface area contributed by atoms with E-state index in [0.29, 0.717) is 36.3 Å². The van der Waals surface area contributed by atoms with E-state index in [4.69, 9.17) is 27.5 Å². The number of phenols is 1. The van der Waals surface area contributed by atoms with Crippen molar-refractivity contribution in [3.63, 3.8) is 0 Å². The Bertz CT molecular complexity index is 2080. The lowest BCUT2D eigenvalue weighted by atomic mass is 9.85. The molecule has 1 aromatic heterocycles. The van der Waals surface area contributed by atoms with Gasteiger partial charge in [-0.3, -0.25) is 4.90 Å². The molecule has 11 heteroatoms. The molecular weight excluding hydrogens is 614 g/mol. The Labute approximate surface area is 276 Å². The standard InChI is InChI=1S/C37H34F2N6O3/c1-3-25-28(38)7-4-21-12-24(46)13-26(30(21)25)31-29(40-2)14-27-33(32(31)39)42-35(43-34(27)45-15-22-5-6-23(16-45)41-22)47-20-36(8-9-36)17-44-18-37(19-44)10-11-48-37/h1,4,7,12-14,22-23,41,46H,5-6,8-11,15-20H2. The fraction of sp³-hybridized carbons (Fsp3) is 0.432. The topological polar surface area (TPSA) is 87.3 Å². The van der Waals surface area contributed by atoms with Crippen molar-refractivity contribution in [2.45, 2.75) is 49.8 Å². The summed E-state index contributed by atoms with van der Waals surface area (Å²) in [7, 11) is 0. The van der Waals surface area contributed by atoms with Crippen molar-refractivity contribution in [2.24, 2.45) is 5.41 Å². The number of phenolic OH excluding ortho intramolecular Hbond substituents is 1. The highest BCUT2D eigenvalue weighted by Gasteiger charge is 2.53. The second kappa shape index (κ2) is 10.7. The maximum Gasteiger partial charge on any atom is 0.319 e. The monoisotopic (exact) mass is 648 g/mol. The highest BCUT2D eigenvalue weighted by atomic mass is 19.1. The quantitative estimate of drug-likeness (QED) is 0.200. The second-order valence-corrected chi connectivity index (χ2v) is 14.3. The molecule has 2 atom stereocenters. The van der Waals surface area contributed by atoms with Crippen molar-refractivity contribution in [3.8, 4) is 35.2 Å². The number of ether oxygens (including phenoxy) is 2. The van der Waals surface area contributed by atoms with E-state index in [0.717, 1.165) is 58.3 Å². The van der Waals surface area contributed by atoms with Gasteiger partial charge in [0.25, 0.3) is 0 Å². The number of halogens is 2. The van der Waals surface area contributed by atoms with E-state index in [2.05, 4.69) is 30.9 Å². The number of anilines is 1. The lowest BCUT2D eigenvalue weighted by Crippen LogP contribution is -2.68. The second-order valence-electron chi connectivity index (χ2n) is 14.3. The third-order valence-corrected chi connectivity index (χ3v) is 11.0. The molecule has 5 fully saturated rings. The first-order valence-corrected chi connectivity index (χ1v) is 16.6. The van der Waals surface area contributed by atoms with E-state index >= 15 is 4.39 Å². The Morgan fingerprint density at radius 1 is 1.12 bits per heavy atom.